The van der Waals surface area contributed by atoms with Crippen LogP contribution >= 0.6 is 15.9 Å². The summed E-state index contributed by atoms with van der Waals surface area (Å²) in [6, 6.07) is 9.09. The SMILES string of the molecule is O=C(c1cccnc1)N1N=C(c2ccc(Br)cc2)CC1(O)C(F)(F)F. The number of alkyl halides is 3. The Bertz CT molecular complexity index is 825. The van der Waals surface area contributed by atoms with Crippen molar-refractivity contribution in [3.63, 3.8) is 0 Å². The van der Waals surface area contributed by atoms with Crippen molar-refractivity contribution in [2.24, 2.45) is 5.10 Å². The lowest BCUT2D eigenvalue weighted by molar-refractivity contribution is -0.297. The maximum absolute atomic E-state index is 13.5. The molecular formula is C16H11BrF3N3O2. The minimum Gasteiger partial charge on any atom is -0.362 e. The molecule has 1 unspecified atom stereocenters. The summed E-state index contributed by atoms with van der Waals surface area (Å²) in [6.45, 7) is 0. The second-order valence-corrected chi connectivity index (χ2v) is 6.32. The Kier molecular flexibility index (Phi) is 4.38. The Labute approximate surface area is 148 Å². The van der Waals surface area contributed by atoms with Gasteiger partial charge >= 0.3 is 6.18 Å². The fraction of sp³-hybridized carbons (Fsp3) is 0.188. The first kappa shape index (κ1) is 17.6. The molecule has 1 aromatic carbocycles. The fourth-order valence-corrected chi connectivity index (χ4v) is 2.66. The lowest BCUT2D eigenvalue weighted by Gasteiger charge is -2.32. The molecule has 2 aromatic rings. The molecule has 0 spiro atoms. The van der Waals surface area contributed by atoms with Crippen molar-refractivity contribution in [2.45, 2.75) is 18.3 Å². The number of nitrogens with zero attached hydrogens (tertiary/aromatic N) is 3. The van der Waals surface area contributed by atoms with Crippen LogP contribution in [-0.4, -0.2) is 38.6 Å². The Morgan fingerprint density at radius 1 is 1.24 bits per heavy atom. The van der Waals surface area contributed by atoms with E-state index >= 15 is 0 Å². The van der Waals surface area contributed by atoms with Crippen LogP contribution in [0.25, 0.3) is 0 Å². The lowest BCUT2D eigenvalue weighted by atomic mass is 10.0. The number of hydrogen-bond acceptors (Lipinski definition) is 4. The van der Waals surface area contributed by atoms with Gasteiger partial charge < -0.3 is 5.11 Å². The standard InChI is InChI=1S/C16H11BrF3N3O2/c17-12-5-3-10(4-6-12)13-8-15(25,16(18,19)20)23(22-13)14(24)11-2-1-7-21-9-11/h1-7,9,25H,8H2. The van der Waals surface area contributed by atoms with Crippen molar-refractivity contribution in [1.82, 2.24) is 9.99 Å². The highest BCUT2D eigenvalue weighted by molar-refractivity contribution is 9.10. The van der Waals surface area contributed by atoms with E-state index in [-0.39, 0.29) is 16.3 Å². The molecule has 5 nitrogen and oxygen atoms in total. The lowest BCUT2D eigenvalue weighted by Crippen LogP contribution is -2.56. The first-order chi connectivity index (χ1) is 11.7. The minimum atomic E-state index is -5.08. The van der Waals surface area contributed by atoms with Crippen LogP contribution in [0.5, 0.6) is 0 Å². The van der Waals surface area contributed by atoms with Crippen LogP contribution in [-0.2, 0) is 0 Å². The third kappa shape index (κ3) is 3.16. The van der Waals surface area contributed by atoms with Gasteiger partial charge in [-0.3, -0.25) is 9.78 Å². The number of aliphatic hydroxyl groups is 1. The third-order valence-corrected chi connectivity index (χ3v) is 4.25. The van der Waals surface area contributed by atoms with Gasteiger partial charge in [-0.2, -0.15) is 23.3 Å². The van der Waals surface area contributed by atoms with Gasteiger partial charge in [-0.05, 0) is 29.8 Å². The first-order valence-electron chi connectivity index (χ1n) is 7.09. The molecule has 1 aliphatic heterocycles. The minimum absolute atomic E-state index is 0.0374. The summed E-state index contributed by atoms with van der Waals surface area (Å²) in [7, 11) is 0. The van der Waals surface area contributed by atoms with Gasteiger partial charge in [-0.25, -0.2) is 0 Å². The number of carbonyl (C=O) groups is 1. The molecule has 1 atom stereocenters. The van der Waals surface area contributed by atoms with E-state index < -0.39 is 24.2 Å². The molecule has 3 rings (SSSR count). The summed E-state index contributed by atoms with van der Waals surface area (Å²) in [5.41, 5.74) is -3.18. The maximum Gasteiger partial charge on any atom is 0.438 e. The van der Waals surface area contributed by atoms with E-state index in [0.717, 1.165) is 10.7 Å². The van der Waals surface area contributed by atoms with Crippen LogP contribution < -0.4 is 0 Å². The second-order valence-electron chi connectivity index (χ2n) is 5.40. The van der Waals surface area contributed by atoms with Crippen LogP contribution in [0.1, 0.15) is 22.3 Å². The Morgan fingerprint density at radius 3 is 2.48 bits per heavy atom. The molecule has 1 aliphatic rings. The quantitative estimate of drug-likeness (QED) is 0.820. The second kappa shape index (κ2) is 6.23. The number of hydrazone groups is 1. The number of rotatable bonds is 2. The van der Waals surface area contributed by atoms with Crippen LogP contribution in [0, 0.1) is 0 Å². The smallest absolute Gasteiger partial charge is 0.362 e. The normalized spacial score (nSPS) is 20.5. The molecule has 130 valence electrons. The van der Waals surface area contributed by atoms with E-state index in [4.69, 9.17) is 0 Å². The van der Waals surface area contributed by atoms with Gasteiger partial charge in [0.15, 0.2) is 0 Å². The molecule has 25 heavy (non-hydrogen) atoms. The predicted molar refractivity (Wildman–Crippen MR) is 86.7 cm³/mol. The van der Waals surface area contributed by atoms with E-state index in [1.807, 2.05) is 0 Å². The monoisotopic (exact) mass is 413 g/mol. The highest BCUT2D eigenvalue weighted by atomic mass is 79.9. The molecule has 1 aromatic heterocycles. The van der Waals surface area contributed by atoms with E-state index in [0.29, 0.717) is 5.56 Å². The number of hydrogen-bond donors (Lipinski definition) is 1. The molecule has 0 saturated heterocycles. The van der Waals surface area contributed by atoms with Gasteiger partial charge in [0.2, 0.25) is 0 Å². The number of amides is 1. The summed E-state index contributed by atoms with van der Waals surface area (Å²) >= 11 is 3.23. The van der Waals surface area contributed by atoms with E-state index in [1.54, 1.807) is 24.3 Å². The highest BCUT2D eigenvalue weighted by Crippen LogP contribution is 2.42. The number of carbonyl (C=O) groups excluding carboxylic acids is 1. The fourth-order valence-electron chi connectivity index (χ4n) is 2.39. The van der Waals surface area contributed by atoms with Gasteiger partial charge in [-0.15, -0.1) is 0 Å². The Balaban J connectivity index is 2.04. The number of benzene rings is 1. The van der Waals surface area contributed by atoms with E-state index in [2.05, 4.69) is 26.0 Å². The van der Waals surface area contributed by atoms with Crippen LogP contribution in [0.3, 0.4) is 0 Å². The summed E-state index contributed by atoms with van der Waals surface area (Å²) in [5, 5.41) is 14.1. The van der Waals surface area contributed by atoms with Gasteiger partial charge in [0, 0.05) is 16.9 Å². The average Bonchev–Trinajstić information content (AvgIpc) is 2.94. The molecule has 2 heterocycles. The molecular weight excluding hydrogens is 403 g/mol. The first-order valence-corrected chi connectivity index (χ1v) is 7.89. The van der Waals surface area contributed by atoms with Gasteiger partial charge in [0.25, 0.3) is 11.6 Å². The van der Waals surface area contributed by atoms with Crippen molar-refractivity contribution in [2.75, 3.05) is 0 Å². The molecule has 0 aliphatic carbocycles. The summed E-state index contributed by atoms with van der Waals surface area (Å²) in [4.78, 5) is 16.2. The molecule has 0 fully saturated rings. The van der Waals surface area contributed by atoms with Crippen LogP contribution in [0.2, 0.25) is 0 Å². The maximum atomic E-state index is 13.5. The largest absolute Gasteiger partial charge is 0.438 e. The van der Waals surface area contributed by atoms with Gasteiger partial charge in [0.05, 0.1) is 17.7 Å². The zero-order valence-electron chi connectivity index (χ0n) is 12.5. The highest BCUT2D eigenvalue weighted by Gasteiger charge is 2.63. The molecule has 9 heteroatoms. The van der Waals surface area contributed by atoms with E-state index in [9.17, 15) is 23.1 Å². The third-order valence-electron chi connectivity index (χ3n) is 3.72. The zero-order chi connectivity index (χ0) is 18.2. The van der Waals surface area contributed by atoms with Crippen LogP contribution in [0.4, 0.5) is 13.2 Å². The number of aromatic nitrogens is 1. The molecule has 0 radical (unpaired) electrons. The van der Waals surface area contributed by atoms with Gasteiger partial charge in [0.1, 0.15) is 0 Å². The molecule has 0 bridgehead atoms. The van der Waals surface area contributed by atoms with Crippen molar-refractivity contribution in [3.8, 4) is 0 Å². The van der Waals surface area contributed by atoms with Gasteiger partial charge in [-0.1, -0.05) is 28.1 Å². The summed E-state index contributed by atoms with van der Waals surface area (Å²) in [5.74, 6) is -1.08. The van der Waals surface area contributed by atoms with Crippen LogP contribution in [0.15, 0.2) is 58.4 Å². The molecule has 0 saturated carbocycles. The topological polar surface area (TPSA) is 65.8 Å². The predicted octanol–water partition coefficient (Wildman–Crippen LogP) is 3.35. The van der Waals surface area contributed by atoms with E-state index in [1.165, 1.54) is 18.3 Å². The van der Waals surface area contributed by atoms with Crippen molar-refractivity contribution < 1.29 is 23.1 Å². The average molecular weight is 414 g/mol. The summed E-state index contributed by atoms with van der Waals surface area (Å²) < 4.78 is 41.2. The van der Waals surface area contributed by atoms with Crippen molar-refractivity contribution >= 4 is 27.5 Å². The zero-order valence-corrected chi connectivity index (χ0v) is 14.1. The Morgan fingerprint density at radius 2 is 1.92 bits per heavy atom. The Hall–Kier alpha value is -2.26. The summed E-state index contributed by atoms with van der Waals surface area (Å²) in [6.07, 6.45) is -3.44. The molecule has 1 N–H and O–H groups in total. The number of pyridine rings is 1. The van der Waals surface area contributed by atoms with Crippen molar-refractivity contribution in [3.05, 3.63) is 64.4 Å². The number of halogens is 4. The molecule has 1 amide bonds. The van der Waals surface area contributed by atoms with Crippen molar-refractivity contribution in [1.29, 1.82) is 0 Å².